The number of benzene rings is 1. The summed E-state index contributed by atoms with van der Waals surface area (Å²) in [5, 5.41) is 11.6. The van der Waals surface area contributed by atoms with E-state index in [2.05, 4.69) is 15.5 Å². The van der Waals surface area contributed by atoms with Gasteiger partial charge in [0, 0.05) is 36.5 Å². The van der Waals surface area contributed by atoms with Crippen molar-refractivity contribution < 1.29 is 4.79 Å². The highest BCUT2D eigenvalue weighted by Crippen LogP contribution is 2.16. The molecule has 2 aromatic heterocycles. The molecular formula is C20H23N5O2. The lowest BCUT2D eigenvalue weighted by atomic mass is 10.1. The van der Waals surface area contributed by atoms with Crippen molar-refractivity contribution in [2.45, 2.75) is 26.8 Å². The summed E-state index contributed by atoms with van der Waals surface area (Å²) in [4.78, 5) is 23.9. The third-order valence-electron chi connectivity index (χ3n) is 4.42. The molecule has 1 amide bonds. The van der Waals surface area contributed by atoms with Crippen molar-refractivity contribution in [3.8, 4) is 11.3 Å². The molecule has 2 heterocycles. The van der Waals surface area contributed by atoms with Crippen molar-refractivity contribution in [2.24, 2.45) is 7.05 Å². The van der Waals surface area contributed by atoms with Gasteiger partial charge in [0.25, 0.3) is 11.5 Å². The maximum Gasteiger partial charge on any atom is 0.266 e. The Morgan fingerprint density at radius 2 is 1.81 bits per heavy atom. The molecule has 27 heavy (non-hydrogen) atoms. The number of rotatable bonds is 5. The standard InChI is InChI=1S/C20H23N5O2/c1-13-11-14(2)25(22-13)15(3)12-21-20(27)17-7-5-16(6-8-17)18-9-10-19(26)24(4)23-18/h5-11,15H,12H2,1-4H3,(H,21,27). The smallest absolute Gasteiger partial charge is 0.266 e. The number of nitrogens with zero attached hydrogens (tertiary/aromatic N) is 4. The van der Waals surface area contributed by atoms with E-state index in [-0.39, 0.29) is 17.5 Å². The third kappa shape index (κ3) is 4.13. The predicted molar refractivity (Wildman–Crippen MR) is 104 cm³/mol. The lowest BCUT2D eigenvalue weighted by Crippen LogP contribution is -2.30. The van der Waals surface area contributed by atoms with Crippen LogP contribution >= 0.6 is 0 Å². The van der Waals surface area contributed by atoms with Crippen LogP contribution < -0.4 is 10.9 Å². The second-order valence-electron chi connectivity index (χ2n) is 6.69. The highest BCUT2D eigenvalue weighted by Gasteiger charge is 2.12. The molecule has 3 aromatic rings. The summed E-state index contributed by atoms with van der Waals surface area (Å²) in [5.74, 6) is -0.136. The normalized spacial score (nSPS) is 12.0. The summed E-state index contributed by atoms with van der Waals surface area (Å²) in [6.07, 6.45) is 0. The molecule has 0 saturated heterocycles. The Morgan fingerprint density at radius 3 is 2.41 bits per heavy atom. The van der Waals surface area contributed by atoms with E-state index >= 15 is 0 Å². The van der Waals surface area contributed by atoms with Gasteiger partial charge in [-0.3, -0.25) is 14.3 Å². The van der Waals surface area contributed by atoms with Crippen LogP contribution in [0.1, 0.15) is 34.7 Å². The molecule has 7 nitrogen and oxygen atoms in total. The van der Waals surface area contributed by atoms with Crippen molar-refractivity contribution in [3.05, 3.63) is 69.8 Å². The molecule has 3 rings (SSSR count). The maximum absolute atomic E-state index is 12.4. The van der Waals surface area contributed by atoms with Gasteiger partial charge in [0.05, 0.1) is 17.4 Å². The van der Waals surface area contributed by atoms with Crippen LogP contribution in [0.5, 0.6) is 0 Å². The lowest BCUT2D eigenvalue weighted by molar-refractivity contribution is 0.0947. The zero-order valence-electron chi connectivity index (χ0n) is 15.9. The van der Waals surface area contributed by atoms with E-state index in [0.717, 1.165) is 17.0 Å². The van der Waals surface area contributed by atoms with E-state index in [4.69, 9.17) is 0 Å². The monoisotopic (exact) mass is 365 g/mol. The van der Waals surface area contributed by atoms with E-state index in [0.29, 0.717) is 17.8 Å². The Labute approximate surface area is 157 Å². The van der Waals surface area contributed by atoms with Gasteiger partial charge in [-0.25, -0.2) is 4.68 Å². The molecule has 0 aliphatic heterocycles. The van der Waals surface area contributed by atoms with Crippen LogP contribution in [0.25, 0.3) is 11.3 Å². The Kier molecular flexibility index (Phi) is 5.21. The number of hydrogen-bond acceptors (Lipinski definition) is 4. The number of amides is 1. The molecule has 1 unspecified atom stereocenters. The second kappa shape index (κ2) is 7.57. The second-order valence-corrected chi connectivity index (χ2v) is 6.69. The van der Waals surface area contributed by atoms with Gasteiger partial charge in [0.2, 0.25) is 0 Å². The van der Waals surface area contributed by atoms with E-state index < -0.39 is 0 Å². The first kappa shape index (κ1) is 18.6. The van der Waals surface area contributed by atoms with Crippen molar-refractivity contribution in [1.29, 1.82) is 0 Å². The summed E-state index contributed by atoms with van der Waals surface area (Å²) >= 11 is 0. The maximum atomic E-state index is 12.4. The fourth-order valence-corrected chi connectivity index (χ4v) is 2.97. The Bertz CT molecular complexity index is 1020. The SMILES string of the molecule is Cc1cc(C)n(C(C)CNC(=O)c2ccc(-c3ccc(=O)n(C)n3)cc2)n1. The van der Waals surface area contributed by atoms with Gasteiger partial charge in [-0.2, -0.15) is 10.2 Å². The van der Waals surface area contributed by atoms with E-state index in [1.807, 2.05) is 43.7 Å². The van der Waals surface area contributed by atoms with Crippen LogP contribution in [-0.2, 0) is 7.05 Å². The summed E-state index contributed by atoms with van der Waals surface area (Å²) < 4.78 is 3.21. The summed E-state index contributed by atoms with van der Waals surface area (Å²) in [5.41, 5.74) is 3.98. The van der Waals surface area contributed by atoms with Crippen LogP contribution in [0.15, 0.2) is 47.3 Å². The molecule has 1 aromatic carbocycles. The third-order valence-corrected chi connectivity index (χ3v) is 4.42. The van der Waals surface area contributed by atoms with Crippen molar-refractivity contribution >= 4 is 5.91 Å². The van der Waals surface area contributed by atoms with E-state index in [1.54, 1.807) is 25.2 Å². The Balaban J connectivity index is 1.66. The van der Waals surface area contributed by atoms with Crippen molar-refractivity contribution in [2.75, 3.05) is 6.54 Å². The number of hydrogen-bond donors (Lipinski definition) is 1. The van der Waals surface area contributed by atoms with Gasteiger partial charge in [-0.1, -0.05) is 12.1 Å². The molecular weight excluding hydrogens is 342 g/mol. The molecule has 1 N–H and O–H groups in total. The first-order chi connectivity index (χ1) is 12.8. The van der Waals surface area contributed by atoms with Gasteiger partial charge in [0.15, 0.2) is 0 Å². The van der Waals surface area contributed by atoms with Crippen LogP contribution in [0.2, 0.25) is 0 Å². The van der Waals surface area contributed by atoms with Gasteiger partial charge in [-0.05, 0) is 45.0 Å². The molecule has 0 aliphatic carbocycles. The number of nitrogens with one attached hydrogen (secondary N) is 1. The first-order valence-electron chi connectivity index (χ1n) is 8.81. The van der Waals surface area contributed by atoms with E-state index in [1.165, 1.54) is 10.7 Å². The van der Waals surface area contributed by atoms with E-state index in [9.17, 15) is 9.59 Å². The average molecular weight is 365 g/mol. The molecule has 0 bridgehead atoms. The van der Waals surface area contributed by atoms with Crippen LogP contribution in [0.3, 0.4) is 0 Å². The molecule has 1 atom stereocenters. The lowest BCUT2D eigenvalue weighted by Gasteiger charge is -2.15. The van der Waals surface area contributed by atoms with Crippen LogP contribution in [0, 0.1) is 13.8 Å². The topological polar surface area (TPSA) is 81.8 Å². The van der Waals surface area contributed by atoms with Gasteiger partial charge < -0.3 is 5.32 Å². The first-order valence-corrected chi connectivity index (χ1v) is 8.81. The number of carbonyl (C=O) groups excluding carboxylic acids is 1. The molecule has 0 aliphatic rings. The predicted octanol–water partition coefficient (Wildman–Crippen LogP) is 2.25. The quantitative estimate of drug-likeness (QED) is 0.752. The van der Waals surface area contributed by atoms with Gasteiger partial charge in [0.1, 0.15) is 0 Å². The highest BCUT2D eigenvalue weighted by atomic mass is 16.1. The summed E-state index contributed by atoms with van der Waals surface area (Å²) in [7, 11) is 1.61. The zero-order valence-corrected chi connectivity index (χ0v) is 15.9. The molecule has 0 radical (unpaired) electrons. The average Bonchev–Trinajstić information content (AvgIpc) is 3.00. The van der Waals surface area contributed by atoms with Crippen molar-refractivity contribution in [1.82, 2.24) is 24.9 Å². The van der Waals surface area contributed by atoms with Gasteiger partial charge >= 0.3 is 0 Å². The fourth-order valence-electron chi connectivity index (χ4n) is 2.97. The summed E-state index contributed by atoms with van der Waals surface area (Å²) in [6.45, 7) is 6.47. The van der Waals surface area contributed by atoms with Crippen LogP contribution in [0.4, 0.5) is 0 Å². The zero-order chi connectivity index (χ0) is 19.6. The molecule has 0 fully saturated rings. The molecule has 7 heteroatoms. The molecule has 140 valence electrons. The number of carbonyl (C=O) groups is 1. The number of aryl methyl sites for hydroxylation is 3. The highest BCUT2D eigenvalue weighted by molar-refractivity contribution is 5.94. The minimum absolute atomic E-state index is 0.0664. The van der Waals surface area contributed by atoms with Gasteiger partial charge in [-0.15, -0.1) is 0 Å². The largest absolute Gasteiger partial charge is 0.350 e. The summed E-state index contributed by atoms with van der Waals surface area (Å²) in [6, 6.07) is 12.4. The Hall–Kier alpha value is -3.22. The fraction of sp³-hybridized carbons (Fsp3) is 0.300. The van der Waals surface area contributed by atoms with Crippen LogP contribution in [-0.4, -0.2) is 32.0 Å². The molecule has 0 saturated carbocycles. The minimum atomic E-state index is -0.161. The van der Waals surface area contributed by atoms with Crippen molar-refractivity contribution in [3.63, 3.8) is 0 Å². The Morgan fingerprint density at radius 1 is 1.11 bits per heavy atom. The molecule has 0 spiro atoms. The number of aromatic nitrogens is 4. The minimum Gasteiger partial charge on any atom is -0.350 e.